The molecule has 0 radical (unpaired) electrons. The molecule has 0 saturated carbocycles. The maximum absolute atomic E-state index is 13.8. The molecule has 1 saturated heterocycles. The Morgan fingerprint density at radius 2 is 1.71 bits per heavy atom. The molecule has 0 spiro atoms. The van der Waals surface area contributed by atoms with Crippen molar-refractivity contribution in [2.24, 2.45) is 29.4 Å². The van der Waals surface area contributed by atoms with Crippen molar-refractivity contribution in [2.45, 2.75) is 118 Å². The van der Waals surface area contributed by atoms with Crippen LogP contribution in [-0.2, 0) is 30.2 Å². The Kier molecular flexibility index (Phi) is 15.5. The van der Waals surface area contributed by atoms with Gasteiger partial charge in [-0.3, -0.25) is 14.5 Å². The maximum Gasteiger partial charge on any atom is 0.412 e. The Labute approximate surface area is 287 Å². The Hall–Kier alpha value is -3.09. The molecular formula is C36H61N3O9. The molecule has 48 heavy (non-hydrogen) atoms. The van der Waals surface area contributed by atoms with Crippen LogP contribution in [0.15, 0.2) is 18.2 Å². The summed E-state index contributed by atoms with van der Waals surface area (Å²) in [5.41, 5.74) is 4.69. The van der Waals surface area contributed by atoms with Gasteiger partial charge in [-0.05, 0) is 89.3 Å². The van der Waals surface area contributed by atoms with Crippen molar-refractivity contribution in [3.63, 3.8) is 0 Å². The second-order valence-electron chi connectivity index (χ2n) is 14.9. The Balaban J connectivity index is 2.48. The quantitative estimate of drug-likeness (QED) is 0.187. The maximum atomic E-state index is 13.8. The lowest BCUT2D eigenvalue weighted by molar-refractivity contribution is -0.133. The standard InChI is InChI=1S/C36H61N3O9/c1-22(2)25(17-24-13-14-29(45-11)31(18-24)46-16-12-15-44-10)19-28-30(47-36(8,9)39(28)34(43)48-35(5,6)7)20-26(23(3)4)33(42)38-27(21-40)32(37)41/h13-14,18,22-23,25-28,30,40H,12,15-17,19-21H2,1-11H3,(H2,37,41)(H,38,42)/t25-,26-,27-,28-,30-/m0/s1. The van der Waals surface area contributed by atoms with E-state index in [1.165, 1.54) is 0 Å². The van der Waals surface area contributed by atoms with Crippen molar-refractivity contribution in [3.05, 3.63) is 23.8 Å². The molecule has 3 amide bonds. The molecule has 12 nitrogen and oxygen atoms in total. The van der Waals surface area contributed by atoms with E-state index in [2.05, 4.69) is 19.2 Å². The number of primary amides is 1. The molecule has 1 aliphatic rings. The van der Waals surface area contributed by atoms with E-state index in [1.807, 2.05) is 66.7 Å². The fourth-order valence-electron chi connectivity index (χ4n) is 6.17. The number of aliphatic hydroxyl groups is 1. The van der Waals surface area contributed by atoms with Crippen LogP contribution in [0.2, 0.25) is 0 Å². The highest BCUT2D eigenvalue weighted by Gasteiger charge is 2.52. The first-order chi connectivity index (χ1) is 22.3. The third-order valence-electron chi connectivity index (χ3n) is 8.80. The van der Waals surface area contributed by atoms with Crippen LogP contribution >= 0.6 is 0 Å². The molecule has 12 heteroatoms. The third-order valence-corrected chi connectivity index (χ3v) is 8.80. The highest BCUT2D eigenvalue weighted by Crippen LogP contribution is 2.41. The van der Waals surface area contributed by atoms with Crippen molar-refractivity contribution < 1.29 is 43.2 Å². The van der Waals surface area contributed by atoms with Crippen LogP contribution in [0.4, 0.5) is 4.79 Å². The number of ether oxygens (including phenoxy) is 5. The number of methoxy groups -OCH3 is 2. The minimum Gasteiger partial charge on any atom is -0.493 e. The summed E-state index contributed by atoms with van der Waals surface area (Å²) in [6.07, 6.45) is 1.29. The van der Waals surface area contributed by atoms with Crippen LogP contribution < -0.4 is 20.5 Å². The van der Waals surface area contributed by atoms with Crippen LogP contribution in [0.5, 0.6) is 11.5 Å². The molecule has 4 N–H and O–H groups in total. The Bertz CT molecular complexity index is 1200. The van der Waals surface area contributed by atoms with Crippen molar-refractivity contribution >= 4 is 17.9 Å². The lowest BCUT2D eigenvalue weighted by Crippen LogP contribution is -2.52. The number of nitrogens with one attached hydrogen (secondary N) is 1. The van der Waals surface area contributed by atoms with Crippen molar-refractivity contribution in [3.8, 4) is 11.5 Å². The van der Waals surface area contributed by atoms with Gasteiger partial charge in [0.2, 0.25) is 11.8 Å². The van der Waals surface area contributed by atoms with Gasteiger partial charge in [-0.2, -0.15) is 0 Å². The number of hydrogen-bond acceptors (Lipinski definition) is 9. The van der Waals surface area contributed by atoms with Crippen LogP contribution in [0.25, 0.3) is 0 Å². The summed E-state index contributed by atoms with van der Waals surface area (Å²) in [4.78, 5) is 40.8. The van der Waals surface area contributed by atoms with E-state index in [0.717, 1.165) is 12.0 Å². The summed E-state index contributed by atoms with van der Waals surface area (Å²) in [7, 11) is 3.27. The summed E-state index contributed by atoms with van der Waals surface area (Å²) in [6, 6.07) is 4.33. The zero-order valence-corrected chi connectivity index (χ0v) is 31.0. The molecule has 1 heterocycles. The summed E-state index contributed by atoms with van der Waals surface area (Å²) in [5, 5.41) is 12.2. The van der Waals surface area contributed by atoms with Gasteiger partial charge in [0.25, 0.3) is 0 Å². The molecule has 274 valence electrons. The number of benzene rings is 1. The molecule has 1 aromatic carbocycles. The molecular weight excluding hydrogens is 618 g/mol. The number of nitrogens with zero attached hydrogens (tertiary/aromatic N) is 1. The minimum atomic E-state index is -1.20. The number of amides is 3. The first kappa shape index (κ1) is 41.1. The fourth-order valence-corrected chi connectivity index (χ4v) is 6.17. The van der Waals surface area contributed by atoms with Crippen LogP contribution in [-0.4, -0.2) is 91.5 Å². The number of hydrogen-bond donors (Lipinski definition) is 3. The van der Waals surface area contributed by atoms with Crippen LogP contribution in [0.1, 0.15) is 87.1 Å². The van der Waals surface area contributed by atoms with E-state index >= 15 is 0 Å². The van der Waals surface area contributed by atoms with Gasteiger partial charge < -0.3 is 39.8 Å². The second kappa shape index (κ2) is 18.1. The normalized spacial score (nSPS) is 19.6. The van der Waals surface area contributed by atoms with Crippen molar-refractivity contribution in [1.29, 1.82) is 0 Å². The topological polar surface area (TPSA) is 159 Å². The van der Waals surface area contributed by atoms with Gasteiger partial charge in [0.05, 0.1) is 32.5 Å². The van der Waals surface area contributed by atoms with E-state index in [-0.39, 0.29) is 24.2 Å². The molecule has 1 fully saturated rings. The monoisotopic (exact) mass is 679 g/mol. The molecule has 0 unspecified atom stereocenters. The van der Waals surface area contributed by atoms with Gasteiger partial charge in [-0.1, -0.05) is 33.8 Å². The van der Waals surface area contributed by atoms with E-state index in [1.54, 1.807) is 19.1 Å². The summed E-state index contributed by atoms with van der Waals surface area (Å²) in [5.74, 6) is -0.298. The van der Waals surface area contributed by atoms with E-state index in [0.29, 0.717) is 37.6 Å². The molecule has 0 aliphatic carbocycles. The molecule has 1 aromatic rings. The Morgan fingerprint density at radius 3 is 2.23 bits per heavy atom. The zero-order chi connectivity index (χ0) is 36.4. The number of rotatable bonds is 18. The highest BCUT2D eigenvalue weighted by molar-refractivity contribution is 5.87. The Morgan fingerprint density at radius 1 is 1.04 bits per heavy atom. The number of nitrogens with two attached hydrogens (primary N) is 1. The van der Waals surface area contributed by atoms with Gasteiger partial charge in [0, 0.05) is 26.1 Å². The van der Waals surface area contributed by atoms with E-state index in [9.17, 15) is 19.5 Å². The average molecular weight is 680 g/mol. The summed E-state index contributed by atoms with van der Waals surface area (Å²) < 4.78 is 29.3. The molecule has 2 rings (SSSR count). The van der Waals surface area contributed by atoms with E-state index in [4.69, 9.17) is 29.4 Å². The van der Waals surface area contributed by atoms with Gasteiger partial charge in [-0.15, -0.1) is 0 Å². The van der Waals surface area contributed by atoms with Gasteiger partial charge >= 0.3 is 6.09 Å². The highest BCUT2D eigenvalue weighted by atomic mass is 16.6. The first-order valence-electron chi connectivity index (χ1n) is 17.0. The molecule has 0 bridgehead atoms. The fraction of sp³-hybridized carbons (Fsp3) is 0.750. The van der Waals surface area contributed by atoms with Crippen LogP contribution in [0, 0.1) is 23.7 Å². The lowest BCUT2D eigenvalue weighted by Gasteiger charge is -2.37. The van der Waals surface area contributed by atoms with Crippen molar-refractivity contribution in [2.75, 3.05) is 34.0 Å². The minimum absolute atomic E-state index is 0.106. The van der Waals surface area contributed by atoms with Gasteiger partial charge in [-0.25, -0.2) is 4.79 Å². The summed E-state index contributed by atoms with van der Waals surface area (Å²) >= 11 is 0. The third kappa shape index (κ3) is 11.8. The average Bonchev–Trinajstić information content (AvgIpc) is 3.23. The number of carbonyl (C=O) groups is 3. The van der Waals surface area contributed by atoms with Crippen molar-refractivity contribution in [1.82, 2.24) is 10.2 Å². The van der Waals surface area contributed by atoms with Gasteiger partial charge in [0.15, 0.2) is 11.5 Å². The second-order valence-corrected chi connectivity index (χ2v) is 14.9. The first-order valence-corrected chi connectivity index (χ1v) is 17.0. The number of carbonyl (C=O) groups excluding carboxylic acids is 3. The van der Waals surface area contributed by atoms with Gasteiger partial charge in [0.1, 0.15) is 17.4 Å². The molecule has 5 atom stereocenters. The molecule has 1 aliphatic heterocycles. The predicted octanol–water partition coefficient (Wildman–Crippen LogP) is 4.68. The SMILES string of the molecule is COCCCOc1cc(C[C@@H](C[C@H]2[C@H](C[C@H](C(=O)N[C@@H](CO)C(N)=O)C(C)C)OC(C)(C)N2C(=O)OC(C)(C)C)C(C)C)ccc1OC. The predicted molar refractivity (Wildman–Crippen MR) is 184 cm³/mol. The number of aliphatic hydroxyl groups excluding tert-OH is 1. The lowest BCUT2D eigenvalue weighted by atomic mass is 9.80. The zero-order valence-electron chi connectivity index (χ0n) is 31.0. The largest absolute Gasteiger partial charge is 0.493 e. The van der Waals surface area contributed by atoms with E-state index < -0.39 is 59.9 Å². The van der Waals surface area contributed by atoms with Crippen LogP contribution in [0.3, 0.4) is 0 Å². The molecule has 0 aromatic heterocycles. The summed E-state index contributed by atoms with van der Waals surface area (Å²) in [6.45, 7) is 17.8. The smallest absolute Gasteiger partial charge is 0.412 e.